The largest absolute Gasteiger partial charge is 0.493 e. The standard InChI is InChI=1S/C31H38N2O6.C29H34N2O6/c1-6-36-29(34)26-20-33(30(35)39-31(3,4)5)19-24(26)18-22-12-14-25(15-13-22)37-17-16-27-21(2)38-28(32-27)23-10-8-7-9-11-23;1-19-25(30-26(36-19)21-8-6-5-7-9-21)14-15-35-23-12-10-20(11-13-23)16-22-17-31(18-24(22)27(32)33)28(34)37-29(2,3)4/h7-15,24,26H,6,16-20H2,1-5H3;5-13,22,24H,14-18H2,1-4H3,(H,32,33)/t24-,26+;22-,24+/m11/s1. The van der Waals surface area contributed by atoms with Gasteiger partial charge in [0, 0.05) is 50.1 Å². The molecule has 6 aromatic rings. The third-order valence-corrected chi connectivity index (χ3v) is 13.0. The van der Waals surface area contributed by atoms with Gasteiger partial charge in [0.05, 0.1) is 43.0 Å². The number of oxazole rings is 2. The average Bonchev–Trinajstić information content (AvgIpc) is 4.18. The van der Waals surface area contributed by atoms with Crippen LogP contribution in [-0.2, 0) is 49.5 Å². The van der Waals surface area contributed by atoms with E-state index in [-0.39, 0.29) is 30.3 Å². The van der Waals surface area contributed by atoms with Crippen LogP contribution in [0.2, 0.25) is 0 Å². The van der Waals surface area contributed by atoms with Gasteiger partial charge >= 0.3 is 24.1 Å². The Labute approximate surface area is 445 Å². The van der Waals surface area contributed by atoms with Crippen LogP contribution in [0.25, 0.3) is 22.9 Å². The number of aryl methyl sites for hydroxylation is 2. The number of carboxylic acids is 1. The maximum Gasteiger partial charge on any atom is 0.410 e. The molecule has 0 saturated carbocycles. The predicted octanol–water partition coefficient (Wildman–Crippen LogP) is 11.2. The molecule has 16 nitrogen and oxygen atoms in total. The third kappa shape index (κ3) is 15.9. The summed E-state index contributed by atoms with van der Waals surface area (Å²) in [6.45, 7) is 19.0. The van der Waals surface area contributed by atoms with Gasteiger partial charge in [-0.3, -0.25) is 9.59 Å². The first-order chi connectivity index (χ1) is 36.2. The molecule has 0 spiro atoms. The van der Waals surface area contributed by atoms with Crippen molar-refractivity contribution in [2.24, 2.45) is 23.7 Å². The van der Waals surface area contributed by atoms with Crippen molar-refractivity contribution < 1.29 is 56.8 Å². The van der Waals surface area contributed by atoms with Crippen molar-refractivity contribution in [3.05, 3.63) is 143 Å². The van der Waals surface area contributed by atoms with Gasteiger partial charge in [-0.1, -0.05) is 60.7 Å². The lowest BCUT2D eigenvalue weighted by Gasteiger charge is -2.24. The summed E-state index contributed by atoms with van der Waals surface area (Å²) in [7, 11) is 0. The molecule has 2 aliphatic heterocycles. The molecular formula is C60H72N4O12. The Kier molecular flexibility index (Phi) is 18.7. The highest BCUT2D eigenvalue weighted by Gasteiger charge is 2.43. The van der Waals surface area contributed by atoms with E-state index in [1.165, 1.54) is 4.90 Å². The number of hydrogen-bond acceptors (Lipinski definition) is 13. The van der Waals surface area contributed by atoms with Crippen LogP contribution in [0.15, 0.2) is 118 Å². The number of esters is 1. The summed E-state index contributed by atoms with van der Waals surface area (Å²) < 4.78 is 39.8. The normalized spacial score (nSPS) is 17.4. The second kappa shape index (κ2) is 25.3. The number of carbonyl (C=O) groups is 4. The highest BCUT2D eigenvalue weighted by molar-refractivity contribution is 5.77. The van der Waals surface area contributed by atoms with Gasteiger partial charge in [0.25, 0.3) is 0 Å². The number of carboxylic acid groups (broad SMARTS) is 1. The van der Waals surface area contributed by atoms with Crippen molar-refractivity contribution in [3.63, 3.8) is 0 Å². The Morgan fingerprint density at radius 3 is 1.36 bits per heavy atom. The first kappa shape index (κ1) is 56.1. The number of carbonyl (C=O) groups excluding carboxylic acids is 3. The second-order valence-electron chi connectivity index (χ2n) is 21.3. The van der Waals surface area contributed by atoms with Crippen LogP contribution in [0.5, 0.6) is 11.5 Å². The molecule has 2 saturated heterocycles. The highest BCUT2D eigenvalue weighted by Crippen LogP contribution is 2.32. The molecule has 0 radical (unpaired) electrons. The van der Waals surface area contributed by atoms with E-state index in [1.54, 1.807) is 32.6 Å². The lowest BCUT2D eigenvalue weighted by atomic mass is 9.90. The summed E-state index contributed by atoms with van der Waals surface area (Å²) in [5.41, 5.74) is 4.47. The Hall–Kier alpha value is -7.62. The molecule has 8 rings (SSSR count). The van der Waals surface area contributed by atoms with Gasteiger partial charge in [0.1, 0.15) is 34.2 Å². The molecule has 0 aliphatic carbocycles. The van der Waals surface area contributed by atoms with E-state index in [1.807, 2.05) is 144 Å². The molecule has 404 valence electrons. The zero-order valence-electron chi connectivity index (χ0n) is 45.2. The first-order valence-electron chi connectivity index (χ1n) is 26.0. The molecule has 2 aromatic heterocycles. The number of ether oxygens (including phenoxy) is 5. The van der Waals surface area contributed by atoms with Crippen molar-refractivity contribution in [1.82, 2.24) is 19.8 Å². The number of likely N-dealkylation sites (tertiary alicyclic amines) is 2. The minimum Gasteiger partial charge on any atom is -0.493 e. The van der Waals surface area contributed by atoms with Crippen molar-refractivity contribution in [2.75, 3.05) is 46.0 Å². The van der Waals surface area contributed by atoms with E-state index in [2.05, 4.69) is 9.97 Å². The number of amides is 2. The topological polar surface area (TPSA) is 193 Å². The number of hydrogen-bond donors (Lipinski definition) is 1. The van der Waals surface area contributed by atoms with Crippen LogP contribution in [-0.4, -0.2) is 106 Å². The van der Waals surface area contributed by atoms with Gasteiger partial charge in [-0.05, 0) is 147 Å². The molecule has 4 atom stereocenters. The first-order valence-corrected chi connectivity index (χ1v) is 26.0. The molecule has 0 unspecified atom stereocenters. The summed E-state index contributed by atoms with van der Waals surface area (Å²) >= 11 is 0. The molecule has 76 heavy (non-hydrogen) atoms. The van der Waals surface area contributed by atoms with Crippen molar-refractivity contribution >= 4 is 24.1 Å². The van der Waals surface area contributed by atoms with Crippen molar-refractivity contribution in [3.8, 4) is 34.4 Å². The fourth-order valence-corrected chi connectivity index (χ4v) is 9.21. The zero-order valence-corrected chi connectivity index (χ0v) is 45.2. The van der Waals surface area contributed by atoms with E-state index in [4.69, 9.17) is 32.5 Å². The van der Waals surface area contributed by atoms with Crippen LogP contribution >= 0.6 is 0 Å². The summed E-state index contributed by atoms with van der Waals surface area (Å²) in [5, 5.41) is 9.70. The van der Waals surface area contributed by atoms with E-state index >= 15 is 0 Å². The highest BCUT2D eigenvalue weighted by atomic mass is 16.6. The number of benzene rings is 4. The Morgan fingerprint density at radius 1 is 0.579 bits per heavy atom. The Morgan fingerprint density at radius 2 is 0.974 bits per heavy atom. The van der Waals surface area contributed by atoms with E-state index in [0.717, 1.165) is 56.7 Å². The summed E-state index contributed by atoms with van der Waals surface area (Å²) in [6, 6.07) is 35.1. The van der Waals surface area contributed by atoms with Gasteiger partial charge < -0.3 is 47.4 Å². The maximum atomic E-state index is 12.7. The van der Waals surface area contributed by atoms with E-state index in [0.29, 0.717) is 76.9 Å². The number of rotatable bonds is 17. The molecule has 16 heteroatoms. The van der Waals surface area contributed by atoms with E-state index in [9.17, 15) is 24.3 Å². The molecular weight excluding hydrogens is 969 g/mol. The van der Waals surface area contributed by atoms with Gasteiger partial charge in [-0.25, -0.2) is 19.6 Å². The molecule has 1 N–H and O–H groups in total. The van der Waals surface area contributed by atoms with E-state index < -0.39 is 35.3 Å². The van der Waals surface area contributed by atoms with Crippen LogP contribution < -0.4 is 9.47 Å². The van der Waals surface area contributed by atoms with Crippen LogP contribution in [0, 0.1) is 37.5 Å². The average molecular weight is 1040 g/mol. The zero-order chi connectivity index (χ0) is 54.6. The monoisotopic (exact) mass is 1040 g/mol. The third-order valence-electron chi connectivity index (χ3n) is 13.0. The fourth-order valence-electron chi connectivity index (χ4n) is 9.21. The van der Waals surface area contributed by atoms with Crippen molar-refractivity contribution in [1.29, 1.82) is 0 Å². The minimum absolute atomic E-state index is 0.0581. The summed E-state index contributed by atoms with van der Waals surface area (Å²) in [6.07, 6.45) is 1.57. The van der Waals surface area contributed by atoms with Gasteiger partial charge in [0.15, 0.2) is 0 Å². The smallest absolute Gasteiger partial charge is 0.410 e. The number of nitrogens with zero attached hydrogens (tertiary/aromatic N) is 4. The van der Waals surface area contributed by atoms with Crippen molar-refractivity contribution in [2.45, 2.75) is 99.2 Å². The molecule has 0 bridgehead atoms. The van der Waals surface area contributed by atoms with Gasteiger partial charge in [-0.2, -0.15) is 0 Å². The van der Waals surface area contributed by atoms with Gasteiger partial charge in [0.2, 0.25) is 11.8 Å². The molecule has 2 aliphatic rings. The maximum absolute atomic E-state index is 12.7. The van der Waals surface area contributed by atoms with Crippen LogP contribution in [0.4, 0.5) is 9.59 Å². The molecule has 4 aromatic carbocycles. The summed E-state index contributed by atoms with van der Waals surface area (Å²) in [5.74, 6) is 1.85. The van der Waals surface area contributed by atoms with Crippen LogP contribution in [0.1, 0.15) is 82.5 Å². The lowest BCUT2D eigenvalue weighted by molar-refractivity contribution is -0.148. The second-order valence-corrected chi connectivity index (χ2v) is 21.3. The molecule has 4 heterocycles. The molecule has 2 fully saturated rings. The molecule has 2 amide bonds. The minimum atomic E-state index is -0.894. The Bertz CT molecular complexity index is 2850. The lowest BCUT2D eigenvalue weighted by Crippen LogP contribution is -2.36. The number of aromatic nitrogens is 2. The quantitative estimate of drug-likeness (QED) is 0.0670. The number of aliphatic carboxylic acids is 1. The predicted molar refractivity (Wildman–Crippen MR) is 286 cm³/mol. The van der Waals surface area contributed by atoms with Crippen LogP contribution in [0.3, 0.4) is 0 Å². The Balaban J connectivity index is 0.000000221. The van der Waals surface area contributed by atoms with Gasteiger partial charge in [-0.15, -0.1) is 0 Å². The fraction of sp³-hybridized carbons (Fsp3) is 0.433. The summed E-state index contributed by atoms with van der Waals surface area (Å²) in [4.78, 5) is 62.0. The SMILES string of the molecule is CCOC(=O)[C@H]1CN(C(=O)OC(C)(C)C)C[C@H]1Cc1ccc(OCCc2nc(-c3ccccc3)oc2C)cc1.Cc1oc(-c2ccccc2)nc1CCOc1ccc(C[C@@H]2CN(C(=O)OC(C)(C)C)C[C@@H]2C(=O)O)cc1.